The van der Waals surface area contributed by atoms with E-state index in [1.54, 1.807) is 6.07 Å². The molecule has 10 nitrogen and oxygen atoms in total. The predicted octanol–water partition coefficient (Wildman–Crippen LogP) is 4.22. The standard InChI is InChI=1S/C29H24N8O2/c30-14-23-25(32)24-26(35-29(34-17-31)37-28(24)36-27(23)33)20-11-21(38-15-18-7-3-1-4-8-18)13-22(12-20)39-16-19-9-5-2-6-10-19/h1-13,26H,15-16H2,(H6,32,33,34,35,36,37). The highest BCUT2D eigenvalue weighted by Gasteiger charge is 2.30. The van der Waals surface area contributed by atoms with Crippen LogP contribution in [0.3, 0.4) is 0 Å². The summed E-state index contributed by atoms with van der Waals surface area (Å²) in [5.41, 5.74) is 15.7. The molecule has 1 aliphatic heterocycles. The van der Waals surface area contributed by atoms with E-state index in [9.17, 15) is 10.5 Å². The fourth-order valence-corrected chi connectivity index (χ4v) is 4.22. The quantitative estimate of drug-likeness (QED) is 0.208. The normalized spacial score (nSPS) is 13.6. The summed E-state index contributed by atoms with van der Waals surface area (Å²) >= 11 is 0. The van der Waals surface area contributed by atoms with Gasteiger partial charge in [0.2, 0.25) is 5.96 Å². The fraction of sp³-hybridized carbons (Fsp3) is 0.103. The number of fused-ring (bicyclic) bond motifs is 1. The Morgan fingerprint density at radius 1 is 0.872 bits per heavy atom. The largest absolute Gasteiger partial charge is 0.489 e. The van der Waals surface area contributed by atoms with Crippen LogP contribution in [0.5, 0.6) is 11.5 Å². The first kappa shape index (κ1) is 24.9. The van der Waals surface area contributed by atoms with Gasteiger partial charge in [0.25, 0.3) is 0 Å². The van der Waals surface area contributed by atoms with Crippen LogP contribution in [0.15, 0.2) is 83.9 Å². The van der Waals surface area contributed by atoms with Gasteiger partial charge in [-0.25, -0.2) is 9.98 Å². The Bertz CT molecular complexity index is 1550. The van der Waals surface area contributed by atoms with E-state index >= 15 is 0 Å². The minimum atomic E-state index is -0.739. The summed E-state index contributed by atoms with van der Waals surface area (Å²) in [6.07, 6.45) is 1.86. The highest BCUT2D eigenvalue weighted by atomic mass is 16.5. The van der Waals surface area contributed by atoms with Gasteiger partial charge in [-0.3, -0.25) is 5.32 Å². The second kappa shape index (κ2) is 11.1. The number of hydrogen-bond donors (Lipinski definition) is 4. The van der Waals surface area contributed by atoms with Crippen LogP contribution in [0.4, 0.5) is 17.3 Å². The molecule has 1 aromatic heterocycles. The van der Waals surface area contributed by atoms with E-state index < -0.39 is 6.04 Å². The Labute approximate surface area is 225 Å². The molecule has 0 radical (unpaired) electrons. The molecule has 1 unspecified atom stereocenters. The third kappa shape index (κ3) is 5.50. The lowest BCUT2D eigenvalue weighted by Gasteiger charge is -2.26. The van der Waals surface area contributed by atoms with Crippen molar-refractivity contribution >= 4 is 23.3 Å². The summed E-state index contributed by atoms with van der Waals surface area (Å²) in [5.74, 6) is 1.53. The average molecular weight is 517 g/mol. The highest BCUT2D eigenvalue weighted by molar-refractivity contribution is 5.98. The minimum absolute atomic E-state index is 0.0231. The lowest BCUT2D eigenvalue weighted by molar-refractivity contribution is 0.289. The van der Waals surface area contributed by atoms with Crippen LogP contribution >= 0.6 is 0 Å². The molecule has 0 bridgehead atoms. The Morgan fingerprint density at radius 2 is 1.46 bits per heavy atom. The summed E-state index contributed by atoms with van der Waals surface area (Å²) in [7, 11) is 0. The predicted molar refractivity (Wildman–Crippen MR) is 147 cm³/mol. The Balaban J connectivity index is 1.58. The number of aliphatic imine (C=N–C) groups is 1. The summed E-state index contributed by atoms with van der Waals surface area (Å²) < 4.78 is 12.3. The van der Waals surface area contributed by atoms with Crippen LogP contribution in [0.25, 0.3) is 0 Å². The maximum Gasteiger partial charge on any atom is 0.211 e. The van der Waals surface area contributed by atoms with Gasteiger partial charge in [0, 0.05) is 11.6 Å². The number of nitrogens with two attached hydrogens (primary N) is 2. The molecule has 39 heavy (non-hydrogen) atoms. The Kier molecular flexibility index (Phi) is 7.10. The molecule has 4 aromatic rings. The van der Waals surface area contributed by atoms with Gasteiger partial charge in [0.05, 0.1) is 5.69 Å². The maximum absolute atomic E-state index is 9.64. The zero-order valence-corrected chi connectivity index (χ0v) is 20.8. The van der Waals surface area contributed by atoms with Crippen molar-refractivity contribution in [2.75, 3.05) is 16.8 Å². The number of nitrogens with zero attached hydrogens (tertiary/aromatic N) is 4. The molecular formula is C29H24N8O2. The molecule has 2 heterocycles. The SMILES string of the molecule is N#CNC1=NC(c2cc(OCc3ccccc3)cc(OCc3ccccc3)c2)c2c(nc(N)c(C#N)c2N)N1. The van der Waals surface area contributed by atoms with Gasteiger partial charge in [-0.2, -0.15) is 10.5 Å². The van der Waals surface area contributed by atoms with Crippen molar-refractivity contribution < 1.29 is 9.47 Å². The van der Waals surface area contributed by atoms with Crippen molar-refractivity contribution in [2.24, 2.45) is 4.99 Å². The second-order valence-electron chi connectivity index (χ2n) is 8.69. The average Bonchev–Trinajstić information content (AvgIpc) is 2.96. The van der Waals surface area contributed by atoms with Crippen molar-refractivity contribution in [3.63, 3.8) is 0 Å². The number of nitrogens with one attached hydrogen (secondary N) is 2. The Hall–Kier alpha value is -5.74. The molecule has 192 valence electrons. The number of aromatic nitrogens is 1. The van der Waals surface area contributed by atoms with Crippen molar-refractivity contribution in [3.8, 4) is 23.8 Å². The van der Waals surface area contributed by atoms with Gasteiger partial charge < -0.3 is 26.3 Å². The summed E-state index contributed by atoms with van der Waals surface area (Å²) in [5, 5.41) is 24.3. The number of hydrogen-bond acceptors (Lipinski definition) is 10. The van der Waals surface area contributed by atoms with E-state index in [4.69, 9.17) is 20.9 Å². The van der Waals surface area contributed by atoms with Gasteiger partial charge in [-0.1, -0.05) is 60.7 Å². The van der Waals surface area contributed by atoms with Crippen LogP contribution in [0, 0.1) is 22.8 Å². The summed E-state index contributed by atoms with van der Waals surface area (Å²) in [4.78, 5) is 8.98. The second-order valence-corrected chi connectivity index (χ2v) is 8.69. The number of guanidine groups is 1. The van der Waals surface area contributed by atoms with E-state index in [-0.39, 0.29) is 23.0 Å². The van der Waals surface area contributed by atoms with Gasteiger partial charge in [-0.15, -0.1) is 0 Å². The zero-order chi connectivity index (χ0) is 27.2. The summed E-state index contributed by atoms with van der Waals surface area (Å²) in [6.45, 7) is 0.684. The van der Waals surface area contributed by atoms with Gasteiger partial charge in [0.15, 0.2) is 6.19 Å². The third-order valence-electron chi connectivity index (χ3n) is 6.07. The number of ether oxygens (including phenoxy) is 2. The number of nitriles is 2. The van der Waals surface area contributed by atoms with Crippen molar-refractivity contribution in [2.45, 2.75) is 19.3 Å². The number of benzene rings is 3. The lowest BCUT2D eigenvalue weighted by atomic mass is 9.95. The number of rotatable bonds is 7. The van der Waals surface area contributed by atoms with Crippen LogP contribution in [0.1, 0.15) is 33.9 Å². The Morgan fingerprint density at radius 3 is 2.00 bits per heavy atom. The molecule has 0 saturated carbocycles. The summed E-state index contributed by atoms with van der Waals surface area (Å²) in [6, 6.07) is 26.3. The first-order valence-electron chi connectivity index (χ1n) is 12.0. The molecule has 6 N–H and O–H groups in total. The van der Waals surface area contributed by atoms with Gasteiger partial charge in [0.1, 0.15) is 54.0 Å². The molecule has 1 aliphatic rings. The van der Waals surface area contributed by atoms with Crippen LogP contribution < -0.4 is 31.6 Å². The topological polar surface area (TPSA) is 167 Å². The van der Waals surface area contributed by atoms with Crippen molar-refractivity contribution in [1.29, 1.82) is 10.5 Å². The molecule has 0 saturated heterocycles. The molecule has 1 atom stereocenters. The minimum Gasteiger partial charge on any atom is -0.489 e. The van der Waals surface area contributed by atoms with Crippen LogP contribution in [-0.2, 0) is 13.2 Å². The smallest absolute Gasteiger partial charge is 0.211 e. The molecular weight excluding hydrogens is 492 g/mol. The van der Waals surface area contributed by atoms with Crippen LogP contribution in [-0.4, -0.2) is 10.9 Å². The molecule has 10 heteroatoms. The zero-order valence-electron chi connectivity index (χ0n) is 20.8. The molecule has 0 spiro atoms. The molecule has 0 fully saturated rings. The van der Waals surface area contributed by atoms with E-state index in [2.05, 4.69) is 20.6 Å². The first-order valence-corrected chi connectivity index (χ1v) is 12.0. The van der Waals surface area contributed by atoms with Crippen molar-refractivity contribution in [3.05, 3.63) is 107 Å². The maximum atomic E-state index is 9.64. The van der Waals surface area contributed by atoms with E-state index in [1.165, 1.54) is 0 Å². The van der Waals surface area contributed by atoms with E-state index in [0.29, 0.717) is 41.7 Å². The number of anilines is 3. The van der Waals surface area contributed by atoms with E-state index in [1.807, 2.05) is 85.1 Å². The number of pyridine rings is 1. The first-order chi connectivity index (χ1) is 19.1. The third-order valence-corrected chi connectivity index (χ3v) is 6.07. The lowest BCUT2D eigenvalue weighted by Crippen LogP contribution is -2.32. The highest BCUT2D eigenvalue weighted by Crippen LogP contribution is 2.42. The monoisotopic (exact) mass is 516 g/mol. The van der Waals surface area contributed by atoms with Crippen molar-refractivity contribution in [1.82, 2.24) is 10.3 Å². The van der Waals surface area contributed by atoms with E-state index in [0.717, 1.165) is 11.1 Å². The molecule has 0 amide bonds. The molecule has 5 rings (SSSR count). The molecule has 3 aromatic carbocycles. The fourth-order valence-electron chi connectivity index (χ4n) is 4.22. The van der Waals surface area contributed by atoms with Gasteiger partial charge >= 0.3 is 0 Å². The number of nitrogen functional groups attached to an aromatic ring is 2. The van der Waals surface area contributed by atoms with Gasteiger partial charge in [-0.05, 0) is 28.8 Å². The van der Waals surface area contributed by atoms with Crippen LogP contribution in [0.2, 0.25) is 0 Å². The molecule has 0 aliphatic carbocycles.